The number of methoxy groups -OCH3 is 2. The highest BCUT2D eigenvalue weighted by molar-refractivity contribution is 7.89. The first-order chi connectivity index (χ1) is 16.4. The molecule has 4 aromatic rings. The lowest BCUT2D eigenvalue weighted by molar-refractivity contribution is 0.102. The highest BCUT2D eigenvalue weighted by Crippen LogP contribution is 2.30. The number of amides is 1. The van der Waals surface area contributed by atoms with Crippen LogP contribution in [0.3, 0.4) is 0 Å². The van der Waals surface area contributed by atoms with Crippen molar-refractivity contribution >= 4 is 32.6 Å². The Morgan fingerprint density at radius 1 is 0.882 bits per heavy atom. The zero-order valence-electron chi connectivity index (χ0n) is 18.3. The molecule has 4 rings (SSSR count). The van der Waals surface area contributed by atoms with Crippen LogP contribution >= 0.6 is 0 Å². The number of benzene rings is 3. The second-order valence-corrected chi connectivity index (χ2v) is 8.71. The van der Waals surface area contributed by atoms with Crippen LogP contribution in [0, 0.1) is 0 Å². The predicted octanol–water partition coefficient (Wildman–Crippen LogP) is 3.50. The molecule has 0 aliphatic carbocycles. The molecular formula is C24H21N3O6S. The van der Waals surface area contributed by atoms with Crippen LogP contribution in [0.4, 0.5) is 5.69 Å². The minimum atomic E-state index is -3.97. The summed E-state index contributed by atoms with van der Waals surface area (Å²) in [5.41, 5.74) is 0.704. The Morgan fingerprint density at radius 3 is 2.32 bits per heavy atom. The number of hydrogen-bond acceptors (Lipinski definition) is 7. The Labute approximate surface area is 195 Å². The van der Waals surface area contributed by atoms with Gasteiger partial charge in [0.15, 0.2) is 11.5 Å². The first-order valence-electron chi connectivity index (χ1n) is 10.1. The number of ether oxygens (including phenoxy) is 2. The Morgan fingerprint density at radius 2 is 1.59 bits per heavy atom. The molecule has 0 radical (unpaired) electrons. The highest BCUT2D eigenvalue weighted by atomic mass is 32.2. The molecule has 0 bridgehead atoms. The summed E-state index contributed by atoms with van der Waals surface area (Å²) in [5.74, 6) is 0.385. The van der Waals surface area contributed by atoms with E-state index < -0.39 is 15.9 Å². The number of nitrogens with zero attached hydrogens (tertiary/aromatic N) is 1. The number of fused-ring (bicyclic) bond motifs is 1. The maximum absolute atomic E-state index is 13.1. The molecule has 0 saturated carbocycles. The fourth-order valence-electron chi connectivity index (χ4n) is 3.18. The Balaban J connectivity index is 1.74. The number of anilines is 1. The zero-order chi connectivity index (χ0) is 24.1. The van der Waals surface area contributed by atoms with E-state index in [9.17, 15) is 13.2 Å². The lowest BCUT2D eigenvalue weighted by Crippen LogP contribution is -2.27. The molecule has 3 aromatic carbocycles. The molecular weight excluding hydrogens is 458 g/mol. The standard InChI is InChI=1S/C24H21N3O6S/c1-31-21-13-12-17(15-22(21)32-2)25-23(28)19-14-16-8-6-7-11-20(16)33-24(19)26-27-34(29,30)18-9-4-3-5-10-18/h3-15,27H,1-2H3,(H,25,28). The number of nitrogens with one attached hydrogen (secondary N) is 2. The van der Waals surface area contributed by atoms with Gasteiger partial charge in [-0.25, -0.2) is 0 Å². The number of sulfonamides is 1. The minimum Gasteiger partial charge on any atom is -0.493 e. The van der Waals surface area contributed by atoms with Gasteiger partial charge in [-0.3, -0.25) is 4.79 Å². The van der Waals surface area contributed by atoms with Crippen LogP contribution in [0.1, 0.15) is 10.4 Å². The topological polar surface area (TPSA) is 119 Å². The van der Waals surface area contributed by atoms with Gasteiger partial charge in [0, 0.05) is 17.1 Å². The summed E-state index contributed by atoms with van der Waals surface area (Å²) in [4.78, 5) is 15.3. The maximum atomic E-state index is 13.1. The molecule has 0 spiro atoms. The van der Waals surface area contributed by atoms with Gasteiger partial charge in [0.25, 0.3) is 15.9 Å². The van der Waals surface area contributed by atoms with Gasteiger partial charge in [-0.1, -0.05) is 36.4 Å². The molecule has 34 heavy (non-hydrogen) atoms. The molecule has 174 valence electrons. The van der Waals surface area contributed by atoms with Gasteiger partial charge in [0.1, 0.15) is 11.1 Å². The van der Waals surface area contributed by atoms with E-state index >= 15 is 0 Å². The summed E-state index contributed by atoms with van der Waals surface area (Å²) in [6.07, 6.45) is 0. The van der Waals surface area contributed by atoms with E-state index in [2.05, 4.69) is 15.2 Å². The van der Waals surface area contributed by atoms with Crippen LogP contribution < -0.4 is 25.2 Å². The third kappa shape index (κ3) is 4.86. The van der Waals surface area contributed by atoms with Gasteiger partial charge in [-0.2, -0.15) is 13.2 Å². The van der Waals surface area contributed by atoms with Crippen molar-refractivity contribution in [3.05, 3.63) is 90.0 Å². The average Bonchev–Trinajstić information content (AvgIpc) is 2.87. The average molecular weight is 480 g/mol. The van der Waals surface area contributed by atoms with E-state index in [1.54, 1.807) is 66.7 Å². The molecule has 9 nitrogen and oxygen atoms in total. The third-order valence-corrected chi connectivity index (χ3v) is 6.09. The summed E-state index contributed by atoms with van der Waals surface area (Å²) in [5, 5.41) is 7.31. The van der Waals surface area contributed by atoms with Crippen molar-refractivity contribution in [2.75, 3.05) is 19.5 Å². The van der Waals surface area contributed by atoms with E-state index in [0.29, 0.717) is 28.2 Å². The van der Waals surface area contributed by atoms with Crippen LogP contribution in [0.25, 0.3) is 11.0 Å². The van der Waals surface area contributed by atoms with E-state index in [1.165, 1.54) is 26.4 Å². The molecule has 0 saturated heterocycles. The lowest BCUT2D eigenvalue weighted by atomic mass is 10.1. The molecule has 0 atom stereocenters. The van der Waals surface area contributed by atoms with Gasteiger partial charge in [-0.15, -0.1) is 5.10 Å². The molecule has 1 amide bonds. The molecule has 0 fully saturated rings. The molecule has 0 aliphatic rings. The van der Waals surface area contributed by atoms with Crippen molar-refractivity contribution in [1.82, 2.24) is 4.83 Å². The van der Waals surface area contributed by atoms with E-state index in [-0.39, 0.29) is 16.0 Å². The largest absolute Gasteiger partial charge is 0.493 e. The summed E-state index contributed by atoms with van der Waals surface area (Å²) < 4.78 is 41.5. The number of rotatable bonds is 7. The molecule has 10 heteroatoms. The van der Waals surface area contributed by atoms with Crippen LogP contribution in [-0.4, -0.2) is 28.5 Å². The molecule has 1 aromatic heterocycles. The van der Waals surface area contributed by atoms with E-state index in [0.717, 1.165) is 0 Å². The Bertz CT molecular complexity index is 1520. The lowest BCUT2D eigenvalue weighted by Gasteiger charge is -2.11. The monoisotopic (exact) mass is 479 g/mol. The van der Waals surface area contributed by atoms with Crippen molar-refractivity contribution in [1.29, 1.82) is 0 Å². The van der Waals surface area contributed by atoms with E-state index in [1.807, 2.05) is 0 Å². The first-order valence-corrected chi connectivity index (χ1v) is 11.6. The van der Waals surface area contributed by atoms with Gasteiger partial charge < -0.3 is 19.2 Å². The maximum Gasteiger partial charge on any atom is 0.276 e. The quantitative estimate of drug-likeness (QED) is 0.392. The van der Waals surface area contributed by atoms with Crippen molar-refractivity contribution in [3.8, 4) is 11.5 Å². The molecule has 2 N–H and O–H groups in total. The van der Waals surface area contributed by atoms with E-state index in [4.69, 9.17) is 13.9 Å². The summed E-state index contributed by atoms with van der Waals surface area (Å²) in [6, 6.07) is 21.2. The highest BCUT2D eigenvalue weighted by Gasteiger charge is 2.16. The van der Waals surface area contributed by atoms with Gasteiger partial charge >= 0.3 is 0 Å². The zero-order valence-corrected chi connectivity index (χ0v) is 19.1. The van der Waals surface area contributed by atoms with Crippen molar-refractivity contribution in [3.63, 3.8) is 0 Å². The van der Waals surface area contributed by atoms with Gasteiger partial charge in [0.05, 0.1) is 19.1 Å². The van der Waals surface area contributed by atoms with Crippen LogP contribution in [-0.2, 0) is 10.0 Å². The predicted molar refractivity (Wildman–Crippen MR) is 126 cm³/mol. The van der Waals surface area contributed by atoms with Crippen LogP contribution in [0.5, 0.6) is 11.5 Å². The third-order valence-electron chi connectivity index (χ3n) is 4.86. The Kier molecular flexibility index (Phi) is 6.51. The van der Waals surface area contributed by atoms with Crippen LogP contribution in [0.15, 0.2) is 93.3 Å². The fourth-order valence-corrected chi connectivity index (χ4v) is 4.01. The van der Waals surface area contributed by atoms with Crippen molar-refractivity contribution < 1.29 is 27.1 Å². The summed E-state index contributed by atoms with van der Waals surface area (Å²) in [6.45, 7) is 0. The second kappa shape index (κ2) is 9.67. The molecule has 0 unspecified atom stereocenters. The molecule has 1 heterocycles. The second-order valence-electron chi connectivity index (χ2n) is 7.05. The fraction of sp³-hybridized carbons (Fsp3) is 0.0833. The number of hydrogen-bond donors (Lipinski definition) is 2. The summed E-state index contributed by atoms with van der Waals surface area (Å²) >= 11 is 0. The van der Waals surface area contributed by atoms with Crippen LogP contribution in [0.2, 0.25) is 0 Å². The Hall–Kier alpha value is -4.31. The first kappa shape index (κ1) is 22.9. The molecule has 0 aliphatic heterocycles. The SMILES string of the molecule is COc1ccc(NC(=O)c2cc3ccccc3oc2=NNS(=O)(=O)c2ccccc2)cc1OC. The normalized spacial score (nSPS) is 11.8. The number of para-hydroxylation sites is 1. The van der Waals surface area contributed by atoms with Gasteiger partial charge in [0.2, 0.25) is 5.55 Å². The minimum absolute atomic E-state index is 0.0240. The van der Waals surface area contributed by atoms with Crippen molar-refractivity contribution in [2.24, 2.45) is 5.10 Å². The number of carbonyl (C=O) groups excluding carboxylic acids is 1. The summed E-state index contributed by atoms with van der Waals surface area (Å²) in [7, 11) is -0.970. The smallest absolute Gasteiger partial charge is 0.276 e. The van der Waals surface area contributed by atoms with Crippen molar-refractivity contribution in [2.45, 2.75) is 4.90 Å². The van der Waals surface area contributed by atoms with Gasteiger partial charge in [-0.05, 0) is 36.4 Å². The number of carbonyl (C=O) groups is 1.